The number of guanidine groups is 1. The Morgan fingerprint density at radius 2 is 2.16 bits per heavy atom. The Labute approximate surface area is 118 Å². The van der Waals surface area contributed by atoms with E-state index in [4.69, 9.17) is 18.0 Å². The van der Waals surface area contributed by atoms with Crippen molar-refractivity contribution in [1.29, 1.82) is 0 Å². The second-order valence-electron chi connectivity index (χ2n) is 4.50. The van der Waals surface area contributed by atoms with Gasteiger partial charge in [-0.3, -0.25) is 4.98 Å². The van der Waals surface area contributed by atoms with Crippen LogP contribution in [-0.4, -0.2) is 34.0 Å². The number of pyridine rings is 1. The monoisotopic (exact) mass is 277 g/mol. The summed E-state index contributed by atoms with van der Waals surface area (Å²) in [5.41, 5.74) is 6.88. The van der Waals surface area contributed by atoms with E-state index in [9.17, 15) is 0 Å². The summed E-state index contributed by atoms with van der Waals surface area (Å²) in [7, 11) is 0. The molecule has 1 aromatic heterocycles. The molecule has 19 heavy (non-hydrogen) atoms. The summed E-state index contributed by atoms with van der Waals surface area (Å²) in [4.78, 5) is 10.5. The molecule has 6 heteroatoms. The maximum absolute atomic E-state index is 5.95. The van der Waals surface area contributed by atoms with E-state index in [1.807, 2.05) is 18.2 Å². The first-order valence-electron chi connectivity index (χ1n) is 6.52. The van der Waals surface area contributed by atoms with E-state index >= 15 is 0 Å². The van der Waals surface area contributed by atoms with Gasteiger partial charge in [-0.05, 0) is 43.6 Å². The molecule has 0 atom stereocenters. The van der Waals surface area contributed by atoms with Gasteiger partial charge in [0.2, 0.25) is 0 Å². The predicted molar refractivity (Wildman–Crippen MR) is 80.7 cm³/mol. The van der Waals surface area contributed by atoms with Gasteiger partial charge in [0, 0.05) is 19.3 Å². The van der Waals surface area contributed by atoms with Gasteiger partial charge >= 0.3 is 0 Å². The smallest absolute Gasteiger partial charge is 0.198 e. The van der Waals surface area contributed by atoms with Crippen LogP contribution in [0.1, 0.15) is 25.0 Å². The summed E-state index contributed by atoms with van der Waals surface area (Å²) in [6.07, 6.45) is 5.37. The van der Waals surface area contributed by atoms with Crippen molar-refractivity contribution in [2.45, 2.75) is 25.8 Å². The second-order valence-corrected chi connectivity index (χ2v) is 4.88. The van der Waals surface area contributed by atoms with E-state index < -0.39 is 0 Å². The van der Waals surface area contributed by atoms with Gasteiger partial charge in [-0.2, -0.15) is 4.99 Å². The molecule has 1 aliphatic rings. The molecule has 0 aliphatic carbocycles. The molecule has 0 radical (unpaired) electrons. The van der Waals surface area contributed by atoms with Gasteiger partial charge < -0.3 is 16.0 Å². The molecule has 1 fully saturated rings. The van der Waals surface area contributed by atoms with Crippen molar-refractivity contribution in [2.24, 2.45) is 10.7 Å². The van der Waals surface area contributed by atoms with Gasteiger partial charge in [0.15, 0.2) is 11.1 Å². The number of aliphatic imine (C=N–C) groups is 1. The molecule has 0 unspecified atom stereocenters. The Morgan fingerprint density at radius 1 is 1.37 bits per heavy atom. The lowest BCUT2D eigenvalue weighted by molar-refractivity contribution is 0.339. The number of likely N-dealkylation sites (tertiary alicyclic amines) is 1. The molecule has 2 heterocycles. The first-order valence-corrected chi connectivity index (χ1v) is 6.93. The van der Waals surface area contributed by atoms with E-state index in [-0.39, 0.29) is 0 Å². The highest BCUT2D eigenvalue weighted by Gasteiger charge is 2.12. The number of nitrogens with two attached hydrogens (primary N) is 1. The molecular formula is C13H19N5S. The van der Waals surface area contributed by atoms with E-state index in [2.05, 4.69) is 20.2 Å². The fourth-order valence-corrected chi connectivity index (χ4v) is 2.17. The van der Waals surface area contributed by atoms with Crippen molar-refractivity contribution in [3.05, 3.63) is 30.1 Å². The van der Waals surface area contributed by atoms with Gasteiger partial charge in [-0.1, -0.05) is 6.07 Å². The standard InChI is InChI=1S/C13H19N5S/c14-12(18-8-4-1-5-9-18)17-13(19)16-10-11-6-2-3-7-15-11/h2-3,6-7H,1,4-5,8-10H2,(H3,14,16,17,19). The highest BCUT2D eigenvalue weighted by atomic mass is 32.1. The molecule has 2 rings (SSSR count). The predicted octanol–water partition coefficient (Wildman–Crippen LogP) is 1.26. The Bertz CT molecular complexity index is 440. The summed E-state index contributed by atoms with van der Waals surface area (Å²) in [5.74, 6) is 0.512. The fourth-order valence-electron chi connectivity index (χ4n) is 2.01. The molecule has 1 aromatic rings. The van der Waals surface area contributed by atoms with Gasteiger partial charge in [0.25, 0.3) is 0 Å². The highest BCUT2D eigenvalue weighted by Crippen LogP contribution is 2.07. The van der Waals surface area contributed by atoms with Gasteiger partial charge in [-0.15, -0.1) is 0 Å². The number of aromatic nitrogens is 1. The van der Waals surface area contributed by atoms with Crippen LogP contribution in [-0.2, 0) is 6.54 Å². The van der Waals surface area contributed by atoms with E-state index in [0.29, 0.717) is 17.6 Å². The third-order valence-corrected chi connectivity index (χ3v) is 3.28. The first kappa shape index (κ1) is 13.7. The Hall–Kier alpha value is -1.69. The summed E-state index contributed by atoms with van der Waals surface area (Å²) in [6, 6.07) is 5.76. The minimum Gasteiger partial charge on any atom is -0.369 e. The third kappa shape index (κ3) is 4.48. The normalized spacial score (nSPS) is 16.2. The molecule has 0 spiro atoms. The molecule has 0 amide bonds. The number of rotatable bonds is 2. The molecule has 3 N–H and O–H groups in total. The van der Waals surface area contributed by atoms with Crippen LogP contribution < -0.4 is 11.1 Å². The highest BCUT2D eigenvalue weighted by molar-refractivity contribution is 7.80. The zero-order valence-electron chi connectivity index (χ0n) is 10.9. The first-order chi connectivity index (χ1) is 9.25. The maximum Gasteiger partial charge on any atom is 0.198 e. The van der Waals surface area contributed by atoms with Crippen LogP contribution >= 0.6 is 12.2 Å². The van der Waals surface area contributed by atoms with Crippen molar-refractivity contribution >= 4 is 23.3 Å². The number of piperidine rings is 1. The van der Waals surface area contributed by atoms with Crippen molar-refractivity contribution in [3.8, 4) is 0 Å². The summed E-state index contributed by atoms with van der Waals surface area (Å²) < 4.78 is 0. The molecule has 1 saturated heterocycles. The zero-order chi connectivity index (χ0) is 13.5. The summed E-state index contributed by atoms with van der Waals surface area (Å²) in [6.45, 7) is 2.51. The number of nitrogens with zero attached hydrogens (tertiary/aromatic N) is 3. The largest absolute Gasteiger partial charge is 0.369 e. The molecule has 0 aromatic carbocycles. The molecule has 1 aliphatic heterocycles. The van der Waals surface area contributed by atoms with Gasteiger partial charge in [-0.25, -0.2) is 0 Å². The molecule has 0 bridgehead atoms. The fraction of sp³-hybridized carbons (Fsp3) is 0.462. The van der Waals surface area contributed by atoms with E-state index in [1.165, 1.54) is 19.3 Å². The minimum absolute atomic E-state index is 0.411. The number of hydrogen-bond acceptors (Lipinski definition) is 2. The molecular weight excluding hydrogens is 258 g/mol. The summed E-state index contributed by atoms with van der Waals surface area (Å²) in [5, 5.41) is 3.45. The van der Waals surface area contributed by atoms with Crippen LogP contribution in [0.5, 0.6) is 0 Å². The lowest BCUT2D eigenvalue weighted by Crippen LogP contribution is -2.42. The SMILES string of the molecule is NC(=NC(=S)NCc1ccccn1)N1CCCCC1. The number of hydrogen-bond donors (Lipinski definition) is 2. The van der Waals surface area contributed by atoms with Crippen molar-refractivity contribution < 1.29 is 0 Å². The summed E-state index contributed by atoms with van der Waals surface area (Å²) >= 11 is 5.17. The number of thiocarbonyl (C=S) groups is 1. The van der Waals surface area contributed by atoms with Crippen molar-refractivity contribution in [2.75, 3.05) is 13.1 Å². The zero-order valence-corrected chi connectivity index (χ0v) is 11.7. The van der Waals surface area contributed by atoms with Crippen LogP contribution in [0.15, 0.2) is 29.4 Å². The van der Waals surface area contributed by atoms with Crippen LogP contribution in [0.25, 0.3) is 0 Å². The van der Waals surface area contributed by atoms with Crippen LogP contribution in [0.4, 0.5) is 0 Å². The van der Waals surface area contributed by atoms with Gasteiger partial charge in [0.05, 0.1) is 12.2 Å². The van der Waals surface area contributed by atoms with E-state index in [0.717, 1.165) is 18.8 Å². The minimum atomic E-state index is 0.411. The lowest BCUT2D eigenvalue weighted by atomic mass is 10.1. The second kappa shape index (κ2) is 7.04. The van der Waals surface area contributed by atoms with Crippen LogP contribution in [0.3, 0.4) is 0 Å². The van der Waals surface area contributed by atoms with E-state index in [1.54, 1.807) is 6.20 Å². The molecule has 5 nitrogen and oxygen atoms in total. The van der Waals surface area contributed by atoms with Crippen molar-refractivity contribution in [3.63, 3.8) is 0 Å². The average molecular weight is 277 g/mol. The van der Waals surface area contributed by atoms with Crippen LogP contribution in [0, 0.1) is 0 Å². The Morgan fingerprint density at radius 3 is 2.84 bits per heavy atom. The Kier molecular flexibility index (Phi) is 5.09. The average Bonchev–Trinajstić information content (AvgIpc) is 2.47. The van der Waals surface area contributed by atoms with Crippen LogP contribution in [0.2, 0.25) is 0 Å². The molecule has 0 saturated carbocycles. The van der Waals surface area contributed by atoms with Crippen molar-refractivity contribution in [1.82, 2.24) is 15.2 Å². The topological polar surface area (TPSA) is 66.5 Å². The lowest BCUT2D eigenvalue weighted by Gasteiger charge is -2.27. The molecule has 102 valence electrons. The quantitative estimate of drug-likeness (QED) is 0.484. The van der Waals surface area contributed by atoms with Gasteiger partial charge in [0.1, 0.15) is 0 Å². The Balaban J connectivity index is 1.82. The number of nitrogens with one attached hydrogen (secondary N) is 1. The maximum atomic E-state index is 5.95. The third-order valence-electron chi connectivity index (χ3n) is 3.04.